The monoisotopic (exact) mass is 446 g/mol. The van der Waals surface area contributed by atoms with E-state index in [1.807, 2.05) is 24.3 Å². The molecule has 1 unspecified atom stereocenters. The van der Waals surface area contributed by atoms with E-state index in [9.17, 15) is 9.59 Å². The molecule has 0 bridgehead atoms. The predicted molar refractivity (Wildman–Crippen MR) is 121 cm³/mol. The third-order valence-corrected chi connectivity index (χ3v) is 6.11. The zero-order valence-corrected chi connectivity index (χ0v) is 19.2. The van der Waals surface area contributed by atoms with Crippen molar-refractivity contribution in [2.24, 2.45) is 4.99 Å². The Balaban J connectivity index is 1.88. The number of allylic oxidation sites excluding steroid dienone is 1. The van der Waals surface area contributed by atoms with Gasteiger partial charge < -0.3 is 14.2 Å². The summed E-state index contributed by atoms with van der Waals surface area (Å²) in [4.78, 5) is 31.9. The Hall–Kier alpha value is -2.32. The zero-order valence-electron chi connectivity index (χ0n) is 18.4. The maximum absolute atomic E-state index is 12.9. The van der Waals surface area contributed by atoms with Gasteiger partial charge in [0, 0.05) is 19.3 Å². The number of carbonyl (C=O) groups is 2. The summed E-state index contributed by atoms with van der Waals surface area (Å²) in [5.41, 5.74) is 1.77. The number of hydrogen-bond acceptors (Lipinski definition) is 7. The molecule has 2 heterocycles. The largest absolute Gasteiger partial charge is 0.494 e. The number of benzene rings is 1. The van der Waals surface area contributed by atoms with Crippen molar-refractivity contribution in [1.82, 2.24) is 4.90 Å². The zero-order chi connectivity index (χ0) is 22.2. The molecule has 1 fully saturated rings. The molecule has 0 saturated carbocycles. The van der Waals surface area contributed by atoms with Crippen LogP contribution in [0.1, 0.15) is 51.1 Å². The van der Waals surface area contributed by atoms with Crippen molar-refractivity contribution in [3.63, 3.8) is 0 Å². The lowest BCUT2D eigenvalue weighted by atomic mass is 9.94. The van der Waals surface area contributed by atoms with Crippen LogP contribution in [0.2, 0.25) is 0 Å². The minimum atomic E-state index is -0.572. The molecule has 0 N–H and O–H groups in total. The van der Waals surface area contributed by atoms with Gasteiger partial charge in [-0.05, 0) is 31.0 Å². The number of rotatable bonds is 10. The van der Waals surface area contributed by atoms with Gasteiger partial charge in [-0.2, -0.15) is 0 Å². The second-order valence-electron chi connectivity index (χ2n) is 7.41. The molecule has 1 amide bonds. The van der Waals surface area contributed by atoms with Crippen LogP contribution >= 0.6 is 11.8 Å². The van der Waals surface area contributed by atoms with Crippen molar-refractivity contribution in [1.29, 1.82) is 0 Å². The van der Waals surface area contributed by atoms with Gasteiger partial charge in [-0.1, -0.05) is 43.7 Å². The third-order valence-electron chi connectivity index (χ3n) is 5.16. The lowest BCUT2D eigenvalue weighted by Crippen LogP contribution is -2.45. The van der Waals surface area contributed by atoms with Crippen molar-refractivity contribution in [2.45, 2.75) is 45.6 Å². The fourth-order valence-corrected chi connectivity index (χ4v) is 4.56. The molecule has 2 aliphatic rings. The van der Waals surface area contributed by atoms with Crippen LogP contribution in [0.5, 0.6) is 5.75 Å². The second kappa shape index (κ2) is 11.3. The summed E-state index contributed by atoms with van der Waals surface area (Å²) in [6.45, 7) is 5.06. The van der Waals surface area contributed by atoms with Gasteiger partial charge in [0.15, 0.2) is 5.17 Å². The number of aliphatic imine (C=N–C) groups is 1. The van der Waals surface area contributed by atoms with Gasteiger partial charge in [0.1, 0.15) is 12.4 Å². The van der Waals surface area contributed by atoms with Crippen molar-refractivity contribution in [2.75, 3.05) is 32.7 Å². The molecule has 0 radical (unpaired) electrons. The summed E-state index contributed by atoms with van der Waals surface area (Å²) < 4.78 is 16.2. The first-order chi connectivity index (χ1) is 15.1. The summed E-state index contributed by atoms with van der Waals surface area (Å²) in [7, 11) is 1.55. The van der Waals surface area contributed by atoms with Gasteiger partial charge in [0.25, 0.3) is 0 Å². The highest BCUT2D eigenvalue weighted by Crippen LogP contribution is 2.40. The third kappa shape index (κ3) is 5.68. The maximum atomic E-state index is 12.9. The molecule has 1 aromatic rings. The Kier molecular flexibility index (Phi) is 8.54. The molecule has 1 atom stereocenters. The van der Waals surface area contributed by atoms with Crippen LogP contribution in [0.25, 0.3) is 0 Å². The van der Waals surface area contributed by atoms with Crippen LogP contribution in [-0.4, -0.2) is 54.6 Å². The molecule has 7 nitrogen and oxygen atoms in total. The molecule has 1 aromatic carbocycles. The Bertz CT molecular complexity index is 850. The number of esters is 1. The molecule has 2 aliphatic heterocycles. The number of unbranched alkanes of at least 4 members (excludes halogenated alkanes) is 2. The van der Waals surface area contributed by atoms with Gasteiger partial charge in [-0.15, -0.1) is 0 Å². The van der Waals surface area contributed by atoms with Gasteiger partial charge >= 0.3 is 5.97 Å². The van der Waals surface area contributed by atoms with E-state index in [1.165, 1.54) is 11.8 Å². The van der Waals surface area contributed by atoms with Crippen molar-refractivity contribution in [3.05, 3.63) is 41.1 Å². The molecular weight excluding hydrogens is 416 g/mol. The molecular formula is C23H30N2O5S. The quantitative estimate of drug-likeness (QED) is 0.398. The average Bonchev–Trinajstić information content (AvgIpc) is 2.76. The molecule has 0 spiro atoms. The number of thioether (sulfide) groups is 1. The Morgan fingerprint density at radius 2 is 1.97 bits per heavy atom. The number of amides is 1. The van der Waals surface area contributed by atoms with Crippen LogP contribution in [-0.2, 0) is 19.1 Å². The number of methoxy groups -OCH3 is 1. The Morgan fingerprint density at radius 1 is 1.19 bits per heavy atom. The molecule has 168 valence electrons. The SMILES string of the molecule is CCCCCOc1ccc(C2C(C(=O)OCCOC)=C(C)N=C3SCCC(=O)N32)cc1. The fraction of sp³-hybridized carbons (Fsp3) is 0.522. The van der Waals surface area contributed by atoms with Crippen LogP contribution in [0, 0.1) is 0 Å². The number of nitrogens with zero attached hydrogens (tertiary/aromatic N) is 2. The fourth-order valence-electron chi connectivity index (χ4n) is 3.56. The van der Waals surface area contributed by atoms with Crippen LogP contribution in [0.4, 0.5) is 0 Å². The normalized spacial score (nSPS) is 18.5. The summed E-state index contributed by atoms with van der Waals surface area (Å²) in [5, 5.41) is 0.632. The van der Waals surface area contributed by atoms with Crippen LogP contribution in [0.3, 0.4) is 0 Å². The Morgan fingerprint density at radius 3 is 2.68 bits per heavy atom. The molecule has 3 rings (SSSR count). The number of amidine groups is 1. The molecule has 1 saturated heterocycles. The Labute approximate surface area is 187 Å². The first-order valence-corrected chi connectivity index (χ1v) is 11.7. The average molecular weight is 447 g/mol. The first kappa shape index (κ1) is 23.3. The minimum absolute atomic E-state index is 0.0444. The van der Waals surface area contributed by atoms with Gasteiger partial charge in [-0.3, -0.25) is 9.69 Å². The van der Waals surface area contributed by atoms with E-state index in [2.05, 4.69) is 11.9 Å². The van der Waals surface area contributed by atoms with Crippen LogP contribution in [0.15, 0.2) is 40.5 Å². The lowest BCUT2D eigenvalue weighted by Gasteiger charge is -2.38. The smallest absolute Gasteiger partial charge is 0.338 e. The van der Waals surface area contributed by atoms with E-state index in [0.717, 1.165) is 30.6 Å². The summed E-state index contributed by atoms with van der Waals surface area (Å²) >= 11 is 1.53. The van der Waals surface area contributed by atoms with Crippen molar-refractivity contribution in [3.8, 4) is 5.75 Å². The highest BCUT2D eigenvalue weighted by molar-refractivity contribution is 8.14. The first-order valence-electron chi connectivity index (χ1n) is 10.7. The van der Waals surface area contributed by atoms with E-state index < -0.39 is 12.0 Å². The summed E-state index contributed by atoms with van der Waals surface area (Å²) in [5.74, 6) is 0.934. The highest BCUT2D eigenvalue weighted by Gasteiger charge is 2.41. The van der Waals surface area contributed by atoms with Crippen molar-refractivity contribution < 1.29 is 23.8 Å². The standard InChI is InChI=1S/C23H30N2O5S/c1-4-5-6-12-29-18-9-7-17(8-10-18)21-20(22(27)30-14-13-28-3)16(2)24-23-25(21)19(26)11-15-31-23/h7-10,21H,4-6,11-15H2,1-3H3. The molecule has 31 heavy (non-hydrogen) atoms. The predicted octanol–water partition coefficient (Wildman–Crippen LogP) is 4.10. The number of hydrogen-bond donors (Lipinski definition) is 0. The van der Waals surface area contributed by atoms with E-state index in [0.29, 0.717) is 41.8 Å². The van der Waals surface area contributed by atoms with E-state index in [4.69, 9.17) is 14.2 Å². The van der Waals surface area contributed by atoms with Gasteiger partial charge in [0.05, 0.1) is 30.5 Å². The van der Waals surface area contributed by atoms with Gasteiger partial charge in [0.2, 0.25) is 5.91 Å². The number of fused-ring (bicyclic) bond motifs is 1. The molecule has 8 heteroatoms. The van der Waals surface area contributed by atoms with E-state index in [-0.39, 0.29) is 12.5 Å². The topological polar surface area (TPSA) is 77.4 Å². The molecule has 0 aromatic heterocycles. The van der Waals surface area contributed by atoms with Crippen LogP contribution < -0.4 is 4.74 Å². The maximum Gasteiger partial charge on any atom is 0.338 e. The van der Waals surface area contributed by atoms with Crippen molar-refractivity contribution >= 4 is 28.8 Å². The molecule has 0 aliphatic carbocycles. The highest BCUT2D eigenvalue weighted by atomic mass is 32.2. The second-order valence-corrected chi connectivity index (χ2v) is 8.47. The summed E-state index contributed by atoms with van der Waals surface area (Å²) in [6, 6.07) is 7.02. The number of carbonyl (C=O) groups excluding carboxylic acids is 2. The van der Waals surface area contributed by atoms with Gasteiger partial charge in [-0.25, -0.2) is 9.79 Å². The lowest BCUT2D eigenvalue weighted by molar-refractivity contribution is -0.141. The summed E-state index contributed by atoms with van der Waals surface area (Å²) in [6.07, 6.45) is 3.70. The minimum Gasteiger partial charge on any atom is -0.494 e. The van der Waals surface area contributed by atoms with E-state index >= 15 is 0 Å². The number of ether oxygens (including phenoxy) is 3. The van der Waals surface area contributed by atoms with E-state index in [1.54, 1.807) is 18.9 Å².